The molecule has 0 aliphatic rings. The molecule has 0 bridgehead atoms. The molecule has 0 aliphatic heterocycles. The third-order valence-electron chi connectivity index (χ3n) is 2.73. The second kappa shape index (κ2) is 5.47. The molecule has 0 radical (unpaired) electrons. The van der Waals surface area contributed by atoms with Crippen LogP contribution in [0.3, 0.4) is 0 Å². The summed E-state index contributed by atoms with van der Waals surface area (Å²) in [5, 5.41) is 6.48. The van der Waals surface area contributed by atoms with Gasteiger partial charge < -0.3 is 0 Å². The summed E-state index contributed by atoms with van der Waals surface area (Å²) in [6.45, 7) is 2.15. The predicted octanol–water partition coefficient (Wildman–Crippen LogP) is 2.11. The maximum Gasteiger partial charge on any atom is 0.437 e. The van der Waals surface area contributed by atoms with Gasteiger partial charge in [-0.1, -0.05) is 11.6 Å². The normalized spacial score (nSPS) is 12.6. The summed E-state index contributed by atoms with van der Waals surface area (Å²) in [7, 11) is -3.09. The van der Waals surface area contributed by atoms with Gasteiger partial charge in [-0.3, -0.25) is 14.1 Å². The molecule has 12 heteroatoms. The number of hydrogen-bond acceptors (Lipinski definition) is 4. The first-order valence-corrected chi connectivity index (χ1v) is 7.77. The molecule has 0 spiro atoms. The van der Waals surface area contributed by atoms with Gasteiger partial charge in [-0.15, -0.1) is 0 Å². The molecule has 1 N–H and O–H groups in total. The van der Waals surface area contributed by atoms with Gasteiger partial charge in [0, 0.05) is 19.8 Å². The Hall–Kier alpha value is -1.75. The van der Waals surface area contributed by atoms with Crippen LogP contribution in [0, 0.1) is 0 Å². The third-order valence-corrected chi connectivity index (χ3v) is 4.46. The smallest absolute Gasteiger partial charge is 0.274 e. The molecule has 0 atom stereocenters. The highest BCUT2D eigenvalue weighted by atomic mass is 35.5. The van der Waals surface area contributed by atoms with E-state index in [9.17, 15) is 21.6 Å². The molecular weight excluding hydrogens is 347 g/mol. The Kier molecular flexibility index (Phi) is 4.13. The Morgan fingerprint density at radius 3 is 2.55 bits per heavy atom. The van der Waals surface area contributed by atoms with Gasteiger partial charge in [0.05, 0.1) is 6.20 Å². The number of hydrogen-bond donors (Lipinski definition) is 1. The fourth-order valence-electron chi connectivity index (χ4n) is 1.64. The molecule has 7 nitrogen and oxygen atoms in total. The molecule has 0 amide bonds. The van der Waals surface area contributed by atoms with Crippen LogP contribution in [0.2, 0.25) is 5.15 Å². The summed E-state index contributed by atoms with van der Waals surface area (Å²) in [6.07, 6.45) is -2.63. The largest absolute Gasteiger partial charge is 0.437 e. The highest BCUT2D eigenvalue weighted by Crippen LogP contribution is 2.38. The van der Waals surface area contributed by atoms with Gasteiger partial charge in [-0.25, -0.2) is 8.42 Å². The summed E-state index contributed by atoms with van der Waals surface area (Å²) in [4.78, 5) is -0.276. The minimum atomic E-state index is -4.85. The molecule has 0 aromatic carbocycles. The predicted molar refractivity (Wildman–Crippen MR) is 71.9 cm³/mol. The van der Waals surface area contributed by atoms with Gasteiger partial charge in [0.25, 0.3) is 10.0 Å². The summed E-state index contributed by atoms with van der Waals surface area (Å²) in [5.41, 5.74) is -2.23. The second-order valence-corrected chi connectivity index (χ2v) is 6.31. The first kappa shape index (κ1) is 16.6. The number of sulfonamides is 1. The molecular formula is C10H11ClF3N5O2S. The summed E-state index contributed by atoms with van der Waals surface area (Å²) >= 11 is 5.70. The van der Waals surface area contributed by atoms with E-state index < -0.39 is 32.7 Å². The van der Waals surface area contributed by atoms with Gasteiger partial charge in [0.1, 0.15) is 10.6 Å². The van der Waals surface area contributed by atoms with E-state index in [1.54, 1.807) is 6.92 Å². The van der Waals surface area contributed by atoms with E-state index in [1.807, 2.05) is 4.72 Å². The molecule has 0 unspecified atom stereocenters. The molecule has 2 aromatic heterocycles. The fourth-order valence-corrected chi connectivity index (χ4v) is 2.90. The lowest BCUT2D eigenvalue weighted by molar-refractivity contribution is -0.140. The zero-order chi connectivity index (χ0) is 16.7. The Bertz CT molecular complexity index is 796. The van der Waals surface area contributed by atoms with E-state index >= 15 is 0 Å². The van der Waals surface area contributed by atoms with Crippen LogP contribution in [0.4, 0.5) is 18.9 Å². The van der Waals surface area contributed by atoms with Crippen molar-refractivity contribution in [1.29, 1.82) is 0 Å². The number of nitrogens with zero attached hydrogens (tertiary/aromatic N) is 4. The summed E-state index contributed by atoms with van der Waals surface area (Å²) < 4.78 is 66.8. The maximum absolute atomic E-state index is 12.9. The van der Waals surface area contributed by atoms with Gasteiger partial charge in [0.2, 0.25) is 0 Å². The molecule has 0 aliphatic carbocycles. The number of aromatic nitrogens is 4. The Morgan fingerprint density at radius 1 is 1.41 bits per heavy atom. The quantitative estimate of drug-likeness (QED) is 0.908. The van der Waals surface area contributed by atoms with E-state index in [0.717, 1.165) is 10.9 Å². The highest BCUT2D eigenvalue weighted by molar-refractivity contribution is 7.92. The zero-order valence-corrected chi connectivity index (χ0v) is 13.0. The average molecular weight is 358 g/mol. The fraction of sp³-hybridized carbons (Fsp3) is 0.400. The first-order valence-electron chi connectivity index (χ1n) is 5.91. The van der Waals surface area contributed by atoms with Crippen molar-refractivity contribution in [2.75, 3.05) is 4.72 Å². The lowest BCUT2D eigenvalue weighted by Gasteiger charge is -2.08. The first-order chi connectivity index (χ1) is 10.1. The minimum absolute atomic E-state index is 0.276. The van der Waals surface area contributed by atoms with E-state index in [2.05, 4.69) is 10.2 Å². The molecule has 0 saturated carbocycles. The van der Waals surface area contributed by atoms with Crippen LogP contribution in [-0.4, -0.2) is 28.0 Å². The molecule has 22 heavy (non-hydrogen) atoms. The zero-order valence-electron chi connectivity index (χ0n) is 11.4. The number of halogens is 4. The van der Waals surface area contributed by atoms with Crippen molar-refractivity contribution in [3.05, 3.63) is 23.2 Å². The molecule has 0 fully saturated rings. The molecule has 2 aromatic rings. The van der Waals surface area contributed by atoms with Gasteiger partial charge in [-0.2, -0.15) is 23.4 Å². The average Bonchev–Trinajstić information content (AvgIpc) is 2.98. The highest BCUT2D eigenvalue weighted by Gasteiger charge is 2.40. The van der Waals surface area contributed by atoms with E-state index in [1.165, 1.54) is 17.9 Å². The van der Waals surface area contributed by atoms with Crippen LogP contribution >= 0.6 is 11.6 Å². The lowest BCUT2D eigenvalue weighted by Crippen LogP contribution is -2.16. The van der Waals surface area contributed by atoms with E-state index in [4.69, 9.17) is 11.6 Å². The maximum atomic E-state index is 12.9. The topological polar surface area (TPSA) is 81.8 Å². The Balaban J connectivity index is 2.46. The second-order valence-electron chi connectivity index (χ2n) is 4.27. The van der Waals surface area contributed by atoms with Crippen molar-refractivity contribution in [3.8, 4) is 0 Å². The number of alkyl halides is 3. The van der Waals surface area contributed by atoms with Crippen molar-refractivity contribution < 1.29 is 21.6 Å². The van der Waals surface area contributed by atoms with Crippen molar-refractivity contribution in [3.63, 3.8) is 0 Å². The monoisotopic (exact) mass is 357 g/mol. The Labute approximate surface area is 128 Å². The SMILES string of the molecule is CCn1cc(S(=O)(=O)Nc2c(C(F)(F)F)nn(C)c2Cl)cn1. The number of anilines is 1. The van der Waals surface area contributed by atoms with Crippen LogP contribution in [0.15, 0.2) is 17.3 Å². The molecule has 2 heterocycles. The van der Waals surface area contributed by atoms with Gasteiger partial charge in [-0.05, 0) is 6.92 Å². The minimum Gasteiger partial charge on any atom is -0.274 e. The van der Waals surface area contributed by atoms with Crippen molar-refractivity contribution in [1.82, 2.24) is 19.6 Å². The van der Waals surface area contributed by atoms with Crippen molar-refractivity contribution in [2.24, 2.45) is 7.05 Å². The Morgan fingerprint density at radius 2 is 2.05 bits per heavy atom. The number of nitrogens with one attached hydrogen (secondary N) is 1. The van der Waals surface area contributed by atoms with Gasteiger partial charge in [0.15, 0.2) is 10.8 Å². The van der Waals surface area contributed by atoms with Crippen molar-refractivity contribution >= 4 is 27.3 Å². The van der Waals surface area contributed by atoms with Crippen molar-refractivity contribution in [2.45, 2.75) is 24.5 Å². The number of aryl methyl sites for hydroxylation is 2. The van der Waals surface area contributed by atoms with Crippen LogP contribution in [0.1, 0.15) is 12.6 Å². The van der Waals surface area contributed by atoms with Gasteiger partial charge >= 0.3 is 6.18 Å². The molecule has 0 saturated heterocycles. The summed E-state index contributed by atoms with van der Waals surface area (Å²) in [6, 6.07) is 0. The van der Waals surface area contributed by atoms with Crippen LogP contribution in [-0.2, 0) is 29.8 Å². The lowest BCUT2D eigenvalue weighted by atomic mass is 10.4. The van der Waals surface area contributed by atoms with Crippen LogP contribution in [0.25, 0.3) is 0 Å². The van der Waals surface area contributed by atoms with Crippen LogP contribution in [0.5, 0.6) is 0 Å². The summed E-state index contributed by atoms with van der Waals surface area (Å²) in [5.74, 6) is 0. The standard InChI is InChI=1S/C10H11ClF3N5O2S/c1-3-19-5-6(4-15-19)22(20,21)17-7-8(10(12,13)14)16-18(2)9(7)11/h4-5,17H,3H2,1-2H3. The third kappa shape index (κ3) is 3.04. The number of rotatable bonds is 4. The molecule has 122 valence electrons. The molecule has 2 rings (SSSR count). The van der Waals surface area contributed by atoms with E-state index in [-0.39, 0.29) is 4.90 Å². The van der Waals surface area contributed by atoms with E-state index in [0.29, 0.717) is 6.54 Å². The van der Waals surface area contributed by atoms with Crippen LogP contribution < -0.4 is 4.72 Å².